The highest BCUT2D eigenvalue weighted by atomic mass is 35.5. The Kier molecular flexibility index (Phi) is 7.41. The number of amides is 2. The van der Waals surface area contributed by atoms with E-state index >= 15 is 0 Å². The van der Waals surface area contributed by atoms with Crippen molar-refractivity contribution in [1.82, 2.24) is 15.5 Å². The Hall–Kier alpha value is -3.61. The molecule has 0 saturated carbocycles. The molecule has 0 radical (unpaired) electrons. The van der Waals surface area contributed by atoms with Crippen molar-refractivity contribution in [2.45, 2.75) is 24.5 Å². The van der Waals surface area contributed by atoms with E-state index in [1.54, 1.807) is 39.2 Å². The number of hydrogen-bond donors (Lipinski definition) is 6. The number of allylic oxidation sites excluding steroid dienone is 1. The third-order valence-corrected chi connectivity index (χ3v) is 7.94. The summed E-state index contributed by atoms with van der Waals surface area (Å²) < 4.78 is 0. The lowest BCUT2D eigenvalue weighted by Gasteiger charge is -2.50. The molecule has 39 heavy (non-hydrogen) atoms. The number of nitrogens with zero attached hydrogens (tertiary/aromatic N) is 2. The van der Waals surface area contributed by atoms with Gasteiger partial charge in [0.15, 0.2) is 11.4 Å². The van der Waals surface area contributed by atoms with Gasteiger partial charge in [-0.15, -0.1) is 11.6 Å². The maximum Gasteiger partial charge on any atom is 0.259 e. The van der Waals surface area contributed by atoms with Crippen molar-refractivity contribution in [2.24, 2.45) is 11.8 Å². The Balaban J connectivity index is 1.83. The molecule has 3 aliphatic rings. The van der Waals surface area contributed by atoms with Gasteiger partial charge >= 0.3 is 0 Å². The number of carbonyl (C=O) groups is 4. The molecular weight excluding hydrogens is 532 g/mol. The number of phenols is 1. The summed E-state index contributed by atoms with van der Waals surface area (Å²) >= 11 is 5.41. The summed E-state index contributed by atoms with van der Waals surface area (Å²) in [4.78, 5) is 55.0. The lowest BCUT2D eigenvalue weighted by Crippen LogP contribution is -2.64. The van der Waals surface area contributed by atoms with E-state index in [4.69, 9.17) is 11.6 Å². The van der Waals surface area contributed by atoms with Crippen molar-refractivity contribution in [2.75, 3.05) is 45.6 Å². The fourth-order valence-electron chi connectivity index (χ4n) is 5.99. The van der Waals surface area contributed by atoms with Crippen molar-refractivity contribution in [3.8, 4) is 5.75 Å². The van der Waals surface area contributed by atoms with Crippen LogP contribution in [0.3, 0.4) is 0 Å². The Morgan fingerprint density at radius 1 is 1.10 bits per heavy atom. The molecule has 13 heteroatoms. The van der Waals surface area contributed by atoms with Gasteiger partial charge in [0, 0.05) is 31.3 Å². The van der Waals surface area contributed by atoms with Crippen LogP contribution in [0.15, 0.2) is 34.8 Å². The molecule has 1 aromatic rings. The van der Waals surface area contributed by atoms with Gasteiger partial charge in [-0.2, -0.15) is 0 Å². The Morgan fingerprint density at radius 3 is 2.36 bits per heavy atom. The highest BCUT2D eigenvalue weighted by Crippen LogP contribution is 2.53. The van der Waals surface area contributed by atoms with Crippen LogP contribution in [0.4, 0.5) is 5.69 Å². The van der Waals surface area contributed by atoms with E-state index in [0.717, 1.165) is 0 Å². The quantitative estimate of drug-likeness (QED) is 0.158. The van der Waals surface area contributed by atoms with Gasteiger partial charge in [0.25, 0.3) is 5.91 Å². The third-order valence-electron chi connectivity index (χ3n) is 7.70. The number of anilines is 1. The van der Waals surface area contributed by atoms with Gasteiger partial charge in [0.05, 0.1) is 18.3 Å². The molecule has 0 aliphatic heterocycles. The van der Waals surface area contributed by atoms with Crippen molar-refractivity contribution in [3.05, 3.63) is 45.9 Å². The number of nitrogens with one attached hydrogen (secondary N) is 2. The van der Waals surface area contributed by atoms with Crippen LogP contribution in [0.5, 0.6) is 5.75 Å². The standard InChI is InChI=1S/C26H31ClN4O8/c1-30(2)14-5-6-15(32)18-12(14)7-11-8-13-20(31(3)4)22(35)19(25(38)29-10-28-16(33)9-27)24(37)26(13,39)23(36)17(11)21(18)34/h5-6,11,13,20,32,35-36,39H,7-10H2,1-4H3,(H,28,33)(H,29,38)/t11-,13+,20-,26+/m1/s1. The van der Waals surface area contributed by atoms with Crippen LogP contribution < -0.4 is 15.5 Å². The molecule has 2 amide bonds. The van der Waals surface area contributed by atoms with E-state index in [9.17, 15) is 39.6 Å². The minimum Gasteiger partial charge on any atom is -0.510 e. The molecule has 6 N–H and O–H groups in total. The maximum atomic E-state index is 13.7. The van der Waals surface area contributed by atoms with E-state index < -0.39 is 70.6 Å². The van der Waals surface area contributed by atoms with Gasteiger partial charge < -0.3 is 36.0 Å². The van der Waals surface area contributed by atoms with Crippen molar-refractivity contribution in [3.63, 3.8) is 0 Å². The zero-order valence-electron chi connectivity index (χ0n) is 21.9. The van der Waals surface area contributed by atoms with E-state index in [0.29, 0.717) is 11.3 Å². The van der Waals surface area contributed by atoms with Crippen molar-refractivity contribution < 1.29 is 39.6 Å². The van der Waals surface area contributed by atoms with Gasteiger partial charge in [-0.25, -0.2) is 0 Å². The average molecular weight is 563 g/mol. The number of likely N-dealkylation sites (N-methyl/N-ethyl adjacent to an activating group) is 1. The average Bonchev–Trinajstić information content (AvgIpc) is 2.85. The molecule has 1 aromatic carbocycles. The number of benzene rings is 1. The first-order valence-electron chi connectivity index (χ1n) is 12.2. The minimum absolute atomic E-state index is 0.0168. The predicted octanol–water partition coefficient (Wildman–Crippen LogP) is 0.130. The van der Waals surface area contributed by atoms with Gasteiger partial charge in [-0.05, 0) is 50.6 Å². The molecule has 0 spiro atoms. The number of aromatic hydroxyl groups is 1. The molecule has 0 fully saturated rings. The van der Waals surface area contributed by atoms with Crippen LogP contribution in [-0.2, 0) is 20.8 Å². The molecule has 210 valence electrons. The highest BCUT2D eigenvalue weighted by molar-refractivity contribution is 6.27. The van der Waals surface area contributed by atoms with Crippen LogP contribution in [0, 0.1) is 11.8 Å². The second-order valence-corrected chi connectivity index (χ2v) is 10.6. The summed E-state index contributed by atoms with van der Waals surface area (Å²) in [7, 11) is 6.73. The topological polar surface area (TPSA) is 180 Å². The molecule has 0 heterocycles. The number of aliphatic hydroxyl groups excluding tert-OH is 2. The SMILES string of the molecule is CN(C)c1ccc(O)c2c1C[C@@H]1C[C@H]3[C@@H](N(C)C)C(O)=C(C(=O)NCNC(=O)CCl)C(=O)[C@@]3(O)C(O)=C1C2=O. The van der Waals surface area contributed by atoms with Crippen molar-refractivity contribution in [1.29, 1.82) is 0 Å². The summed E-state index contributed by atoms with van der Waals surface area (Å²) in [6.07, 6.45) is 0.240. The molecular formula is C26H31ClN4O8. The number of hydrogen-bond acceptors (Lipinski definition) is 10. The number of carbonyl (C=O) groups excluding carboxylic acids is 4. The normalized spacial score (nSPS) is 26.2. The van der Waals surface area contributed by atoms with E-state index in [1.807, 2.05) is 0 Å². The molecule has 0 saturated heterocycles. The van der Waals surface area contributed by atoms with E-state index in [1.165, 1.54) is 11.0 Å². The number of rotatable bonds is 6. The fraction of sp³-hybridized carbons (Fsp3) is 0.462. The van der Waals surface area contributed by atoms with Crippen LogP contribution in [0.25, 0.3) is 0 Å². The molecule has 0 unspecified atom stereocenters. The van der Waals surface area contributed by atoms with Gasteiger partial charge in [0.2, 0.25) is 11.7 Å². The molecule has 0 bridgehead atoms. The zero-order valence-corrected chi connectivity index (χ0v) is 22.7. The molecule has 0 aromatic heterocycles. The lowest BCUT2D eigenvalue weighted by atomic mass is 9.58. The van der Waals surface area contributed by atoms with Gasteiger partial charge in [-0.3, -0.25) is 24.1 Å². The largest absolute Gasteiger partial charge is 0.510 e. The lowest BCUT2D eigenvalue weighted by molar-refractivity contribution is -0.148. The van der Waals surface area contributed by atoms with Crippen LogP contribution in [0.1, 0.15) is 22.3 Å². The number of aliphatic hydroxyl groups is 3. The third kappa shape index (κ3) is 4.32. The number of phenolic OH excluding ortho intramolecular Hbond substituents is 1. The summed E-state index contributed by atoms with van der Waals surface area (Å²) in [6, 6.07) is 1.96. The number of alkyl halides is 1. The number of ketones is 2. The van der Waals surface area contributed by atoms with Crippen molar-refractivity contribution >= 4 is 40.7 Å². The number of fused-ring (bicyclic) bond motifs is 3. The Bertz CT molecular complexity index is 1340. The van der Waals surface area contributed by atoms with Crippen LogP contribution >= 0.6 is 11.6 Å². The first-order valence-corrected chi connectivity index (χ1v) is 12.8. The maximum absolute atomic E-state index is 13.7. The molecule has 4 rings (SSSR count). The Labute approximate surface area is 229 Å². The van der Waals surface area contributed by atoms with Gasteiger partial charge in [-0.1, -0.05) is 0 Å². The molecule has 12 nitrogen and oxygen atoms in total. The minimum atomic E-state index is -2.71. The highest BCUT2D eigenvalue weighted by Gasteiger charge is 2.63. The molecule has 3 aliphatic carbocycles. The predicted molar refractivity (Wildman–Crippen MR) is 141 cm³/mol. The van der Waals surface area contributed by atoms with Crippen LogP contribution in [-0.4, -0.2) is 101 Å². The first kappa shape index (κ1) is 28.4. The zero-order chi connectivity index (χ0) is 29.0. The monoisotopic (exact) mass is 562 g/mol. The number of Topliss-reactive ketones (excluding diaryl/α,β-unsaturated/α-hetero) is 2. The van der Waals surface area contributed by atoms with E-state index in [-0.39, 0.29) is 35.6 Å². The smallest absolute Gasteiger partial charge is 0.259 e. The number of halogens is 1. The second kappa shape index (κ2) is 10.2. The second-order valence-electron chi connectivity index (χ2n) is 10.4. The Morgan fingerprint density at radius 2 is 1.77 bits per heavy atom. The molecule has 4 atom stereocenters. The summed E-state index contributed by atoms with van der Waals surface area (Å²) in [5.74, 6) is -7.62. The van der Waals surface area contributed by atoms with Crippen LogP contribution in [0.2, 0.25) is 0 Å². The first-order chi connectivity index (χ1) is 18.3. The fourth-order valence-corrected chi connectivity index (χ4v) is 6.09. The summed E-state index contributed by atoms with van der Waals surface area (Å²) in [5, 5.41) is 49.5. The van der Waals surface area contributed by atoms with E-state index in [2.05, 4.69) is 10.6 Å². The van der Waals surface area contributed by atoms with Gasteiger partial charge in [0.1, 0.15) is 28.7 Å². The summed E-state index contributed by atoms with van der Waals surface area (Å²) in [5.41, 5.74) is -2.49. The summed E-state index contributed by atoms with van der Waals surface area (Å²) in [6.45, 7) is -0.416.